The molecule has 1 aromatic heterocycles. The number of hydrogen-bond acceptors (Lipinski definition) is 4. The fraction of sp³-hybridized carbons (Fsp3) is 0.591. The summed E-state index contributed by atoms with van der Waals surface area (Å²) in [6, 6.07) is 8.26. The standard InChI is InChI=1S/C22H34ClN7.HI/c1-4-24-22(26-16-21-28-27-20-13-9-10-14-30(20)21)25-15-19(29(5-2)6-3)17-11-7-8-12-18(17)23;/h7-8,11-12,19H,4-6,9-10,13-16H2,1-3H3,(H2,24,25,26);1H. The molecule has 2 aromatic rings. The van der Waals surface area contributed by atoms with E-state index in [2.05, 4.69) is 57.1 Å². The number of fused-ring (bicyclic) bond motifs is 1. The lowest BCUT2D eigenvalue weighted by Gasteiger charge is -2.31. The second kappa shape index (κ2) is 13.2. The van der Waals surface area contributed by atoms with Crippen LogP contribution >= 0.6 is 35.6 Å². The Morgan fingerprint density at radius 2 is 1.94 bits per heavy atom. The maximum absolute atomic E-state index is 6.53. The van der Waals surface area contributed by atoms with E-state index in [1.807, 2.05) is 18.2 Å². The van der Waals surface area contributed by atoms with Gasteiger partial charge in [-0.25, -0.2) is 4.99 Å². The molecule has 0 bridgehead atoms. The SMILES string of the molecule is CCNC(=NCc1nnc2n1CCCC2)NCC(c1ccccc1Cl)N(CC)CC.I. The van der Waals surface area contributed by atoms with Crippen LogP contribution < -0.4 is 10.6 Å². The largest absolute Gasteiger partial charge is 0.357 e. The van der Waals surface area contributed by atoms with Gasteiger partial charge in [0.1, 0.15) is 12.4 Å². The van der Waals surface area contributed by atoms with Gasteiger partial charge >= 0.3 is 0 Å². The highest BCUT2D eigenvalue weighted by atomic mass is 127. The third-order valence-electron chi connectivity index (χ3n) is 5.64. The van der Waals surface area contributed by atoms with E-state index >= 15 is 0 Å². The molecule has 0 saturated heterocycles. The molecule has 172 valence electrons. The smallest absolute Gasteiger partial charge is 0.191 e. The maximum Gasteiger partial charge on any atom is 0.191 e. The van der Waals surface area contributed by atoms with E-state index in [-0.39, 0.29) is 30.0 Å². The lowest BCUT2D eigenvalue weighted by Crippen LogP contribution is -2.43. The number of aromatic nitrogens is 3. The Hall–Kier alpha value is -1.39. The molecular formula is C22H35ClIN7. The van der Waals surface area contributed by atoms with Crippen molar-refractivity contribution < 1.29 is 0 Å². The van der Waals surface area contributed by atoms with Crippen molar-refractivity contribution >= 4 is 41.5 Å². The number of aliphatic imine (C=N–C) groups is 1. The molecule has 0 amide bonds. The van der Waals surface area contributed by atoms with Gasteiger partial charge in [-0.3, -0.25) is 4.90 Å². The zero-order valence-corrected chi connectivity index (χ0v) is 21.9. The number of halogens is 2. The van der Waals surface area contributed by atoms with Crippen molar-refractivity contribution in [1.29, 1.82) is 0 Å². The van der Waals surface area contributed by atoms with Gasteiger partial charge in [-0.2, -0.15) is 0 Å². The first kappa shape index (κ1) is 25.9. The summed E-state index contributed by atoms with van der Waals surface area (Å²) in [6.07, 6.45) is 3.39. The van der Waals surface area contributed by atoms with Crippen molar-refractivity contribution in [3.8, 4) is 0 Å². The van der Waals surface area contributed by atoms with Crippen LogP contribution in [0.15, 0.2) is 29.3 Å². The van der Waals surface area contributed by atoms with Crippen molar-refractivity contribution in [1.82, 2.24) is 30.3 Å². The van der Waals surface area contributed by atoms with Crippen LogP contribution in [0.2, 0.25) is 5.02 Å². The fourth-order valence-corrected chi connectivity index (χ4v) is 4.28. The molecule has 0 saturated carbocycles. The highest BCUT2D eigenvalue weighted by molar-refractivity contribution is 14.0. The van der Waals surface area contributed by atoms with E-state index in [0.717, 1.165) is 67.3 Å². The van der Waals surface area contributed by atoms with Crippen molar-refractivity contribution in [2.45, 2.75) is 59.2 Å². The summed E-state index contributed by atoms with van der Waals surface area (Å²) >= 11 is 6.53. The van der Waals surface area contributed by atoms with E-state index in [4.69, 9.17) is 16.6 Å². The van der Waals surface area contributed by atoms with Crippen molar-refractivity contribution in [2.24, 2.45) is 4.99 Å². The molecule has 3 rings (SSSR count). The van der Waals surface area contributed by atoms with E-state index in [0.29, 0.717) is 6.54 Å². The highest BCUT2D eigenvalue weighted by Gasteiger charge is 2.21. The summed E-state index contributed by atoms with van der Waals surface area (Å²) < 4.78 is 2.22. The second-order valence-corrected chi connectivity index (χ2v) is 7.88. The molecule has 0 radical (unpaired) electrons. The minimum absolute atomic E-state index is 0. The van der Waals surface area contributed by atoms with Crippen LogP contribution in [0.25, 0.3) is 0 Å². The summed E-state index contributed by atoms with van der Waals surface area (Å²) in [5.41, 5.74) is 1.14. The Kier molecular flexibility index (Phi) is 11.0. The van der Waals surface area contributed by atoms with Gasteiger partial charge in [0.25, 0.3) is 0 Å². The third-order valence-corrected chi connectivity index (χ3v) is 5.98. The predicted octanol–water partition coefficient (Wildman–Crippen LogP) is 4.02. The quantitative estimate of drug-likeness (QED) is 0.276. The first-order valence-corrected chi connectivity index (χ1v) is 11.5. The highest BCUT2D eigenvalue weighted by Crippen LogP contribution is 2.27. The Bertz CT molecular complexity index is 835. The molecule has 2 heterocycles. The number of rotatable bonds is 9. The zero-order chi connectivity index (χ0) is 21.3. The molecule has 1 unspecified atom stereocenters. The normalized spacial score (nSPS) is 14.7. The lowest BCUT2D eigenvalue weighted by molar-refractivity contribution is 0.219. The van der Waals surface area contributed by atoms with Crippen LogP contribution in [0.4, 0.5) is 0 Å². The number of likely N-dealkylation sites (N-methyl/N-ethyl adjacent to an activating group) is 1. The van der Waals surface area contributed by atoms with Crippen LogP contribution in [-0.2, 0) is 19.5 Å². The molecule has 1 aliphatic heterocycles. The third kappa shape index (κ3) is 6.79. The first-order valence-electron chi connectivity index (χ1n) is 11.1. The predicted molar refractivity (Wildman–Crippen MR) is 138 cm³/mol. The minimum atomic E-state index is 0. The van der Waals surface area contributed by atoms with Gasteiger partial charge in [0, 0.05) is 31.1 Å². The molecule has 1 atom stereocenters. The molecule has 9 heteroatoms. The van der Waals surface area contributed by atoms with Crippen LogP contribution in [0, 0.1) is 0 Å². The Labute approximate surface area is 208 Å². The molecule has 0 spiro atoms. The molecule has 2 N–H and O–H groups in total. The second-order valence-electron chi connectivity index (χ2n) is 7.48. The van der Waals surface area contributed by atoms with Crippen LogP contribution in [0.1, 0.15) is 56.9 Å². The van der Waals surface area contributed by atoms with Gasteiger partial charge < -0.3 is 15.2 Å². The van der Waals surface area contributed by atoms with Gasteiger partial charge in [0.15, 0.2) is 11.8 Å². The molecular weight excluding hydrogens is 525 g/mol. The number of nitrogens with one attached hydrogen (secondary N) is 2. The van der Waals surface area contributed by atoms with E-state index < -0.39 is 0 Å². The molecule has 31 heavy (non-hydrogen) atoms. The number of aryl methyl sites for hydroxylation is 1. The van der Waals surface area contributed by atoms with Gasteiger partial charge in [0.05, 0.1) is 6.04 Å². The Balaban J connectivity index is 0.00000341. The maximum atomic E-state index is 6.53. The van der Waals surface area contributed by atoms with E-state index in [1.165, 1.54) is 12.8 Å². The molecule has 1 aromatic carbocycles. The minimum Gasteiger partial charge on any atom is -0.357 e. The number of hydrogen-bond donors (Lipinski definition) is 2. The summed E-state index contributed by atoms with van der Waals surface area (Å²) in [5.74, 6) is 2.81. The van der Waals surface area contributed by atoms with Crippen LogP contribution in [-0.4, -0.2) is 51.8 Å². The molecule has 1 aliphatic rings. The zero-order valence-electron chi connectivity index (χ0n) is 18.8. The lowest BCUT2D eigenvalue weighted by atomic mass is 10.0. The monoisotopic (exact) mass is 559 g/mol. The van der Waals surface area contributed by atoms with Crippen molar-refractivity contribution in [2.75, 3.05) is 26.2 Å². The number of guanidine groups is 1. The van der Waals surface area contributed by atoms with Gasteiger partial charge in [-0.05, 0) is 44.5 Å². The topological polar surface area (TPSA) is 70.4 Å². The molecule has 0 aliphatic carbocycles. The summed E-state index contributed by atoms with van der Waals surface area (Å²) in [5, 5.41) is 16.4. The van der Waals surface area contributed by atoms with Gasteiger partial charge in [-0.1, -0.05) is 43.6 Å². The summed E-state index contributed by atoms with van der Waals surface area (Å²) in [7, 11) is 0. The summed E-state index contributed by atoms with van der Waals surface area (Å²) in [4.78, 5) is 7.19. The number of nitrogens with zero attached hydrogens (tertiary/aromatic N) is 5. The first-order chi connectivity index (χ1) is 14.7. The van der Waals surface area contributed by atoms with Crippen LogP contribution in [0.5, 0.6) is 0 Å². The number of benzene rings is 1. The summed E-state index contributed by atoms with van der Waals surface area (Å²) in [6.45, 7) is 11.4. The Morgan fingerprint density at radius 3 is 2.65 bits per heavy atom. The fourth-order valence-electron chi connectivity index (χ4n) is 4.02. The van der Waals surface area contributed by atoms with Crippen molar-refractivity contribution in [3.63, 3.8) is 0 Å². The van der Waals surface area contributed by atoms with E-state index in [9.17, 15) is 0 Å². The Morgan fingerprint density at radius 1 is 1.16 bits per heavy atom. The average Bonchev–Trinajstić information content (AvgIpc) is 3.18. The van der Waals surface area contributed by atoms with Crippen molar-refractivity contribution in [3.05, 3.63) is 46.5 Å². The van der Waals surface area contributed by atoms with Gasteiger partial charge in [0.2, 0.25) is 0 Å². The molecule has 0 fully saturated rings. The van der Waals surface area contributed by atoms with Gasteiger partial charge in [-0.15, -0.1) is 34.2 Å². The van der Waals surface area contributed by atoms with E-state index in [1.54, 1.807) is 0 Å². The van der Waals surface area contributed by atoms with Crippen LogP contribution in [0.3, 0.4) is 0 Å². The molecule has 7 nitrogen and oxygen atoms in total. The average molecular weight is 560 g/mol.